The van der Waals surface area contributed by atoms with Crippen LogP contribution in [0.4, 0.5) is 5.69 Å². The number of nitrogens with zero attached hydrogens (tertiary/aromatic N) is 1. The Morgan fingerprint density at radius 2 is 1.73 bits per heavy atom. The van der Waals surface area contributed by atoms with Crippen LogP contribution in [0.5, 0.6) is 0 Å². The van der Waals surface area contributed by atoms with Crippen molar-refractivity contribution in [3.8, 4) is 0 Å². The van der Waals surface area contributed by atoms with Crippen LogP contribution in [0.25, 0.3) is 0 Å². The molecule has 15 heavy (non-hydrogen) atoms. The Labute approximate surface area is 91.6 Å². The van der Waals surface area contributed by atoms with E-state index in [-0.39, 0.29) is 0 Å². The lowest BCUT2D eigenvalue weighted by Gasteiger charge is -2.26. The highest BCUT2D eigenvalue weighted by Gasteiger charge is 2.18. The first-order valence-corrected chi connectivity index (χ1v) is 5.38. The van der Waals surface area contributed by atoms with Gasteiger partial charge < -0.3 is 10.2 Å². The summed E-state index contributed by atoms with van der Waals surface area (Å²) < 4.78 is 0. The predicted molar refractivity (Wildman–Crippen MR) is 64.9 cm³/mol. The first kappa shape index (κ1) is 10.1. The molecular weight excluding hydrogens is 184 g/mol. The van der Waals surface area contributed by atoms with Gasteiger partial charge in [0.25, 0.3) is 0 Å². The summed E-state index contributed by atoms with van der Waals surface area (Å²) in [6.07, 6.45) is 4.46. The summed E-state index contributed by atoms with van der Waals surface area (Å²) >= 11 is 0. The fraction of sp³-hybridized carbons (Fsp3) is 0.385. The predicted octanol–water partition coefficient (Wildman–Crippen LogP) is 2.84. The summed E-state index contributed by atoms with van der Waals surface area (Å²) in [6.45, 7) is 8.66. The van der Waals surface area contributed by atoms with E-state index in [0.29, 0.717) is 6.17 Å². The van der Waals surface area contributed by atoms with Crippen molar-refractivity contribution in [2.45, 2.75) is 33.9 Å². The van der Waals surface area contributed by atoms with E-state index in [9.17, 15) is 0 Å². The molecule has 2 rings (SSSR count). The third-order valence-corrected chi connectivity index (χ3v) is 2.88. The standard InChI is InChI=1S/C13H18N2/c1-9-7-10(2)13(11(3)8-9)15-6-5-14-12(15)4/h5-8,12,14H,1-4H3. The number of benzene rings is 1. The van der Waals surface area contributed by atoms with E-state index in [1.54, 1.807) is 0 Å². The molecule has 1 aliphatic rings. The molecule has 1 aliphatic heterocycles. The maximum Gasteiger partial charge on any atom is 0.1000 e. The molecule has 0 saturated carbocycles. The largest absolute Gasteiger partial charge is 0.370 e. The van der Waals surface area contributed by atoms with Gasteiger partial charge in [-0.3, -0.25) is 0 Å². The van der Waals surface area contributed by atoms with Gasteiger partial charge in [-0.1, -0.05) is 17.7 Å². The first-order chi connectivity index (χ1) is 7.09. The second-order valence-electron chi connectivity index (χ2n) is 4.31. The van der Waals surface area contributed by atoms with Gasteiger partial charge in [-0.25, -0.2) is 0 Å². The molecule has 0 aromatic heterocycles. The maximum atomic E-state index is 3.28. The average molecular weight is 202 g/mol. The Bertz CT molecular complexity index is 384. The van der Waals surface area contributed by atoms with Gasteiger partial charge in [-0.05, 0) is 38.8 Å². The normalized spacial score (nSPS) is 19.5. The molecule has 2 heteroatoms. The van der Waals surface area contributed by atoms with E-state index in [1.165, 1.54) is 22.4 Å². The van der Waals surface area contributed by atoms with Crippen LogP contribution in [0.2, 0.25) is 0 Å². The highest BCUT2D eigenvalue weighted by Crippen LogP contribution is 2.28. The minimum atomic E-state index is 0.352. The number of aryl methyl sites for hydroxylation is 3. The zero-order valence-corrected chi connectivity index (χ0v) is 9.83. The van der Waals surface area contributed by atoms with Crippen LogP contribution in [0, 0.1) is 20.8 Å². The zero-order chi connectivity index (χ0) is 11.0. The smallest absolute Gasteiger partial charge is 0.1000 e. The zero-order valence-electron chi connectivity index (χ0n) is 9.83. The fourth-order valence-corrected chi connectivity index (χ4v) is 2.32. The molecule has 80 valence electrons. The van der Waals surface area contributed by atoms with Crippen molar-refractivity contribution < 1.29 is 0 Å². The molecule has 0 amide bonds. The molecule has 1 N–H and O–H groups in total. The van der Waals surface area contributed by atoms with E-state index < -0.39 is 0 Å². The molecule has 0 spiro atoms. The van der Waals surface area contributed by atoms with E-state index >= 15 is 0 Å². The third kappa shape index (κ3) is 1.72. The van der Waals surface area contributed by atoms with Gasteiger partial charge in [0.15, 0.2) is 0 Å². The number of rotatable bonds is 1. The molecule has 0 saturated heterocycles. The third-order valence-electron chi connectivity index (χ3n) is 2.88. The van der Waals surface area contributed by atoms with Crippen LogP contribution in [0.15, 0.2) is 24.5 Å². The van der Waals surface area contributed by atoms with Gasteiger partial charge in [0.05, 0.1) is 6.17 Å². The number of hydrogen-bond acceptors (Lipinski definition) is 2. The lowest BCUT2D eigenvalue weighted by atomic mass is 10.0. The van der Waals surface area contributed by atoms with Gasteiger partial charge >= 0.3 is 0 Å². The average Bonchev–Trinajstić information content (AvgIpc) is 2.50. The van der Waals surface area contributed by atoms with Crippen LogP contribution in [0.1, 0.15) is 23.6 Å². The Balaban J connectivity index is 2.48. The Kier molecular flexibility index (Phi) is 2.43. The molecule has 0 bridgehead atoms. The van der Waals surface area contributed by atoms with Gasteiger partial charge in [-0.2, -0.15) is 0 Å². The van der Waals surface area contributed by atoms with Crippen LogP contribution < -0.4 is 10.2 Å². The monoisotopic (exact) mass is 202 g/mol. The number of nitrogens with one attached hydrogen (secondary N) is 1. The summed E-state index contributed by atoms with van der Waals surface area (Å²) in [6, 6.07) is 4.47. The minimum absolute atomic E-state index is 0.352. The SMILES string of the molecule is Cc1cc(C)c(N2C=CNC2C)c(C)c1. The molecule has 2 nitrogen and oxygen atoms in total. The number of anilines is 1. The Hall–Kier alpha value is -1.44. The molecule has 1 aromatic carbocycles. The molecule has 1 aromatic rings. The topological polar surface area (TPSA) is 15.3 Å². The highest BCUT2D eigenvalue weighted by molar-refractivity contribution is 5.63. The van der Waals surface area contributed by atoms with E-state index in [0.717, 1.165) is 0 Å². The first-order valence-electron chi connectivity index (χ1n) is 5.38. The van der Waals surface area contributed by atoms with E-state index in [2.05, 4.69) is 56.2 Å². The van der Waals surface area contributed by atoms with Crippen LogP contribution in [-0.4, -0.2) is 6.17 Å². The Morgan fingerprint density at radius 1 is 1.13 bits per heavy atom. The summed E-state index contributed by atoms with van der Waals surface area (Å²) in [5, 5.41) is 3.28. The van der Waals surface area contributed by atoms with Gasteiger partial charge in [0.1, 0.15) is 0 Å². The molecule has 1 heterocycles. The molecule has 0 radical (unpaired) electrons. The van der Waals surface area contributed by atoms with Crippen molar-refractivity contribution in [1.82, 2.24) is 5.32 Å². The second-order valence-corrected chi connectivity index (χ2v) is 4.31. The van der Waals surface area contributed by atoms with Crippen molar-refractivity contribution >= 4 is 5.69 Å². The Morgan fingerprint density at radius 3 is 2.20 bits per heavy atom. The van der Waals surface area contributed by atoms with E-state index in [1.807, 2.05) is 6.20 Å². The molecule has 1 atom stereocenters. The van der Waals surface area contributed by atoms with Crippen LogP contribution in [0.3, 0.4) is 0 Å². The maximum absolute atomic E-state index is 3.28. The summed E-state index contributed by atoms with van der Waals surface area (Å²) in [5.74, 6) is 0. The summed E-state index contributed by atoms with van der Waals surface area (Å²) in [5.41, 5.74) is 5.34. The minimum Gasteiger partial charge on any atom is -0.370 e. The van der Waals surface area contributed by atoms with Gasteiger partial charge in [0.2, 0.25) is 0 Å². The van der Waals surface area contributed by atoms with E-state index in [4.69, 9.17) is 0 Å². The van der Waals surface area contributed by atoms with Crippen molar-refractivity contribution in [1.29, 1.82) is 0 Å². The van der Waals surface area contributed by atoms with Crippen molar-refractivity contribution in [3.63, 3.8) is 0 Å². The highest BCUT2D eigenvalue weighted by atomic mass is 15.3. The van der Waals surface area contributed by atoms with Gasteiger partial charge in [-0.15, -0.1) is 0 Å². The van der Waals surface area contributed by atoms with Crippen molar-refractivity contribution in [3.05, 3.63) is 41.2 Å². The lowest BCUT2D eigenvalue weighted by Crippen LogP contribution is -2.32. The van der Waals surface area contributed by atoms with Crippen molar-refractivity contribution in [2.24, 2.45) is 0 Å². The number of hydrogen-bond donors (Lipinski definition) is 1. The second kappa shape index (κ2) is 3.61. The fourth-order valence-electron chi connectivity index (χ4n) is 2.32. The molecule has 0 fully saturated rings. The summed E-state index contributed by atoms with van der Waals surface area (Å²) in [7, 11) is 0. The van der Waals surface area contributed by atoms with Crippen LogP contribution >= 0.6 is 0 Å². The molecule has 1 unspecified atom stereocenters. The lowest BCUT2D eigenvalue weighted by molar-refractivity contribution is 0.681. The molecular formula is C13H18N2. The quantitative estimate of drug-likeness (QED) is 0.753. The van der Waals surface area contributed by atoms with Crippen LogP contribution in [-0.2, 0) is 0 Å². The van der Waals surface area contributed by atoms with Gasteiger partial charge in [0, 0.05) is 18.1 Å². The molecule has 0 aliphatic carbocycles. The summed E-state index contributed by atoms with van der Waals surface area (Å²) in [4.78, 5) is 2.28. The van der Waals surface area contributed by atoms with Crippen molar-refractivity contribution in [2.75, 3.05) is 4.90 Å².